The van der Waals surface area contributed by atoms with Crippen molar-refractivity contribution in [3.05, 3.63) is 47.6 Å². The van der Waals surface area contributed by atoms with Crippen molar-refractivity contribution < 1.29 is 9.26 Å². The van der Waals surface area contributed by atoms with Crippen molar-refractivity contribution in [1.29, 1.82) is 0 Å². The third kappa shape index (κ3) is 3.20. The first-order valence-corrected chi connectivity index (χ1v) is 6.77. The minimum atomic E-state index is 0.385. The second kappa shape index (κ2) is 5.53. The smallest absolute Gasteiger partial charge is 0.229 e. The molecule has 0 N–H and O–H groups in total. The Hall–Kier alpha value is -1.68. The third-order valence-corrected chi connectivity index (χ3v) is 3.55. The molecule has 4 heteroatoms. The maximum Gasteiger partial charge on any atom is 0.229 e. The molecule has 1 aliphatic rings. The first kappa shape index (κ1) is 12.4. The van der Waals surface area contributed by atoms with Crippen molar-refractivity contribution in [2.75, 3.05) is 0 Å². The highest BCUT2D eigenvalue weighted by molar-refractivity contribution is 5.13. The summed E-state index contributed by atoms with van der Waals surface area (Å²) < 4.78 is 10.9. The Morgan fingerprint density at radius 1 is 1.26 bits per heavy atom. The van der Waals surface area contributed by atoms with Crippen LogP contribution in [0, 0.1) is 5.92 Å². The van der Waals surface area contributed by atoms with Gasteiger partial charge in [-0.2, -0.15) is 4.98 Å². The maximum absolute atomic E-state index is 5.59. The van der Waals surface area contributed by atoms with E-state index in [2.05, 4.69) is 17.1 Å². The number of hydrogen-bond acceptors (Lipinski definition) is 4. The predicted octanol–water partition coefficient (Wildman–Crippen LogP) is 3.30. The molecule has 1 saturated carbocycles. The molecule has 3 rings (SSSR count). The minimum Gasteiger partial charge on any atom is -0.369 e. The Morgan fingerprint density at radius 2 is 2.05 bits per heavy atom. The molecule has 0 spiro atoms. The molecule has 19 heavy (non-hydrogen) atoms. The average Bonchev–Trinajstić information content (AvgIpc) is 3.19. The molecule has 4 nitrogen and oxygen atoms in total. The molecule has 1 heterocycles. The van der Waals surface area contributed by atoms with Crippen LogP contribution in [0.4, 0.5) is 0 Å². The van der Waals surface area contributed by atoms with E-state index in [1.54, 1.807) is 0 Å². The van der Waals surface area contributed by atoms with Gasteiger partial charge in [-0.15, -0.1) is 0 Å². The number of benzene rings is 1. The minimum absolute atomic E-state index is 0.385. The van der Waals surface area contributed by atoms with E-state index in [-0.39, 0.29) is 0 Å². The maximum atomic E-state index is 5.59. The van der Waals surface area contributed by atoms with Gasteiger partial charge in [-0.05, 0) is 24.3 Å². The molecule has 0 saturated heterocycles. The van der Waals surface area contributed by atoms with E-state index >= 15 is 0 Å². The molecule has 1 fully saturated rings. The molecule has 1 atom stereocenters. The number of ether oxygens (including phenoxy) is 1. The highest BCUT2D eigenvalue weighted by Crippen LogP contribution is 2.41. The molecule has 100 valence electrons. The molecule has 2 aromatic rings. The lowest BCUT2D eigenvalue weighted by molar-refractivity contribution is 0.0999. The van der Waals surface area contributed by atoms with Gasteiger partial charge in [0, 0.05) is 5.92 Å². The summed E-state index contributed by atoms with van der Waals surface area (Å²) in [5, 5.41) is 3.97. The number of nitrogens with zero attached hydrogens (tertiary/aromatic N) is 2. The zero-order valence-corrected chi connectivity index (χ0v) is 11.1. The van der Waals surface area contributed by atoms with Gasteiger partial charge in [0.1, 0.15) is 6.61 Å². The van der Waals surface area contributed by atoms with Crippen LogP contribution in [0.15, 0.2) is 34.9 Å². The SMILES string of the molecule is C[C@H](c1nc(COCc2ccccc2)no1)C1CC1. The predicted molar refractivity (Wildman–Crippen MR) is 70.4 cm³/mol. The summed E-state index contributed by atoms with van der Waals surface area (Å²) in [4.78, 5) is 4.40. The summed E-state index contributed by atoms with van der Waals surface area (Å²) in [7, 11) is 0. The second-order valence-corrected chi connectivity index (χ2v) is 5.15. The van der Waals surface area contributed by atoms with E-state index in [1.807, 2.05) is 30.3 Å². The highest BCUT2D eigenvalue weighted by Gasteiger charge is 2.32. The zero-order chi connectivity index (χ0) is 13.1. The molecule has 0 amide bonds. The fourth-order valence-corrected chi connectivity index (χ4v) is 2.14. The molecule has 0 aliphatic heterocycles. The molecular weight excluding hydrogens is 240 g/mol. The van der Waals surface area contributed by atoms with Crippen molar-refractivity contribution in [2.24, 2.45) is 5.92 Å². The largest absolute Gasteiger partial charge is 0.369 e. The second-order valence-electron chi connectivity index (χ2n) is 5.15. The lowest BCUT2D eigenvalue weighted by Crippen LogP contribution is -1.98. The van der Waals surface area contributed by atoms with Gasteiger partial charge in [-0.3, -0.25) is 0 Å². The van der Waals surface area contributed by atoms with Crippen molar-refractivity contribution in [2.45, 2.75) is 38.9 Å². The molecule has 1 aromatic carbocycles. The molecule has 0 bridgehead atoms. The van der Waals surface area contributed by atoms with Crippen LogP contribution in [0.1, 0.15) is 43.0 Å². The van der Waals surface area contributed by atoms with Crippen molar-refractivity contribution in [1.82, 2.24) is 10.1 Å². The van der Waals surface area contributed by atoms with Crippen molar-refractivity contribution >= 4 is 0 Å². The van der Waals surface area contributed by atoms with E-state index in [1.165, 1.54) is 12.8 Å². The van der Waals surface area contributed by atoms with Gasteiger partial charge >= 0.3 is 0 Å². The topological polar surface area (TPSA) is 48.2 Å². The normalized spacial score (nSPS) is 16.5. The first-order chi connectivity index (χ1) is 9.33. The molecule has 0 unspecified atom stereocenters. The van der Waals surface area contributed by atoms with Crippen molar-refractivity contribution in [3.63, 3.8) is 0 Å². The van der Waals surface area contributed by atoms with Gasteiger partial charge in [-0.25, -0.2) is 0 Å². The fourth-order valence-electron chi connectivity index (χ4n) is 2.14. The van der Waals surface area contributed by atoms with Gasteiger partial charge in [0.05, 0.1) is 6.61 Å². The van der Waals surface area contributed by atoms with Gasteiger partial charge in [-0.1, -0.05) is 42.4 Å². The van der Waals surface area contributed by atoms with Gasteiger partial charge in [0.15, 0.2) is 5.82 Å². The summed E-state index contributed by atoms with van der Waals surface area (Å²) in [6.45, 7) is 3.12. The lowest BCUT2D eigenvalue weighted by atomic mass is 10.1. The molecular formula is C15H18N2O2. The highest BCUT2D eigenvalue weighted by atomic mass is 16.5. The first-order valence-electron chi connectivity index (χ1n) is 6.77. The van der Waals surface area contributed by atoms with Gasteiger partial charge in [0.25, 0.3) is 0 Å². The zero-order valence-electron chi connectivity index (χ0n) is 11.1. The molecule has 1 aromatic heterocycles. The van der Waals surface area contributed by atoms with Gasteiger partial charge in [0.2, 0.25) is 5.89 Å². The van der Waals surface area contributed by atoms with Crippen LogP contribution in [-0.2, 0) is 18.0 Å². The van der Waals surface area contributed by atoms with Crippen molar-refractivity contribution in [3.8, 4) is 0 Å². The fraction of sp³-hybridized carbons (Fsp3) is 0.467. The van der Waals surface area contributed by atoms with E-state index < -0.39 is 0 Å². The molecule has 0 radical (unpaired) electrons. The van der Waals surface area contributed by atoms with Crippen LogP contribution in [0.25, 0.3) is 0 Å². The Labute approximate surface area is 112 Å². The summed E-state index contributed by atoms with van der Waals surface area (Å²) >= 11 is 0. The lowest BCUT2D eigenvalue weighted by Gasteiger charge is -2.02. The quantitative estimate of drug-likeness (QED) is 0.797. The van der Waals surface area contributed by atoms with Gasteiger partial charge < -0.3 is 9.26 Å². The number of aromatic nitrogens is 2. The Bertz CT molecular complexity index is 520. The van der Waals surface area contributed by atoms with Crippen LogP contribution < -0.4 is 0 Å². The Balaban J connectivity index is 1.50. The Kier molecular flexibility index (Phi) is 3.60. The van der Waals surface area contributed by atoms with Crippen LogP contribution >= 0.6 is 0 Å². The standard InChI is InChI=1S/C15H18N2O2/c1-11(13-7-8-13)15-16-14(17-19-15)10-18-9-12-5-3-2-4-6-12/h2-6,11,13H,7-10H2,1H3/t11-/m0/s1. The number of hydrogen-bond donors (Lipinski definition) is 0. The summed E-state index contributed by atoms with van der Waals surface area (Å²) in [6.07, 6.45) is 2.56. The third-order valence-electron chi connectivity index (χ3n) is 3.55. The molecule has 1 aliphatic carbocycles. The Morgan fingerprint density at radius 3 is 2.79 bits per heavy atom. The van der Waals surface area contributed by atoms with E-state index in [0.29, 0.717) is 25.0 Å². The van der Waals surface area contributed by atoms with Crippen LogP contribution in [0.5, 0.6) is 0 Å². The number of rotatable bonds is 6. The average molecular weight is 258 g/mol. The van der Waals surface area contributed by atoms with Crippen LogP contribution in [0.3, 0.4) is 0 Å². The van der Waals surface area contributed by atoms with E-state index in [0.717, 1.165) is 17.4 Å². The summed E-state index contributed by atoms with van der Waals surface area (Å²) in [5.74, 6) is 2.51. The van der Waals surface area contributed by atoms with Crippen LogP contribution in [0.2, 0.25) is 0 Å². The van der Waals surface area contributed by atoms with E-state index in [9.17, 15) is 0 Å². The van der Waals surface area contributed by atoms with E-state index in [4.69, 9.17) is 9.26 Å². The monoisotopic (exact) mass is 258 g/mol. The van der Waals surface area contributed by atoms with Crippen LogP contribution in [-0.4, -0.2) is 10.1 Å². The summed E-state index contributed by atoms with van der Waals surface area (Å²) in [5.41, 5.74) is 1.15. The summed E-state index contributed by atoms with van der Waals surface area (Å²) in [6, 6.07) is 10.1.